The molecule has 1 aromatic heterocycles. The number of aryl methyl sites for hydroxylation is 3. The van der Waals surface area contributed by atoms with E-state index in [4.69, 9.17) is 0 Å². The van der Waals surface area contributed by atoms with Crippen molar-refractivity contribution in [2.75, 3.05) is 12.4 Å². The molecule has 0 spiro atoms. The molecule has 2 rings (SSSR count). The Kier molecular flexibility index (Phi) is 4.43. The Morgan fingerprint density at radius 1 is 1.05 bits per heavy atom. The van der Waals surface area contributed by atoms with Gasteiger partial charge in [0.15, 0.2) is 0 Å². The van der Waals surface area contributed by atoms with Crippen molar-refractivity contribution in [3.05, 3.63) is 50.7 Å². The molecule has 0 aliphatic rings. The van der Waals surface area contributed by atoms with Gasteiger partial charge in [-0.3, -0.25) is 4.79 Å². The van der Waals surface area contributed by atoms with Crippen LogP contribution in [0.4, 0.5) is 5.69 Å². The molecule has 1 aromatic carbocycles. The lowest BCUT2D eigenvalue weighted by Crippen LogP contribution is -2.12. The number of ether oxygens (including phenoxy) is 1. The third-order valence-electron chi connectivity index (χ3n) is 3.13. The van der Waals surface area contributed by atoms with E-state index in [2.05, 4.69) is 10.1 Å². The summed E-state index contributed by atoms with van der Waals surface area (Å²) in [6.45, 7) is 5.95. The van der Waals surface area contributed by atoms with Crippen LogP contribution in [0.1, 0.15) is 36.0 Å². The van der Waals surface area contributed by atoms with Crippen molar-refractivity contribution in [1.29, 1.82) is 0 Å². The minimum atomic E-state index is -0.429. The van der Waals surface area contributed by atoms with Gasteiger partial charge in [-0.2, -0.15) is 0 Å². The van der Waals surface area contributed by atoms with E-state index in [1.807, 2.05) is 32.9 Å². The summed E-state index contributed by atoms with van der Waals surface area (Å²) in [6.07, 6.45) is 0. The van der Waals surface area contributed by atoms with Gasteiger partial charge in [-0.05, 0) is 44.0 Å². The van der Waals surface area contributed by atoms with Crippen LogP contribution in [0.5, 0.6) is 0 Å². The number of thiophene rings is 1. The number of methoxy groups -OCH3 is 1. The zero-order chi connectivity index (χ0) is 15.6. The second kappa shape index (κ2) is 6.10. The summed E-state index contributed by atoms with van der Waals surface area (Å²) in [6, 6.07) is 7.28. The van der Waals surface area contributed by atoms with Crippen LogP contribution in [0.3, 0.4) is 0 Å². The largest absolute Gasteiger partial charge is 0.465 e. The van der Waals surface area contributed by atoms with Gasteiger partial charge < -0.3 is 10.1 Å². The molecule has 0 fully saturated rings. The molecule has 0 saturated carbocycles. The number of esters is 1. The minimum absolute atomic E-state index is 0.217. The van der Waals surface area contributed by atoms with Gasteiger partial charge in [-0.1, -0.05) is 17.7 Å². The smallest absolute Gasteiger partial charge is 0.348 e. The Morgan fingerprint density at radius 2 is 1.62 bits per heavy atom. The maximum atomic E-state index is 12.3. The quantitative estimate of drug-likeness (QED) is 0.879. The highest BCUT2D eigenvalue weighted by molar-refractivity contribution is 7.16. The summed E-state index contributed by atoms with van der Waals surface area (Å²) in [4.78, 5) is 24.6. The van der Waals surface area contributed by atoms with Crippen molar-refractivity contribution >= 4 is 28.9 Å². The third kappa shape index (κ3) is 3.31. The molecule has 0 radical (unpaired) electrons. The van der Waals surface area contributed by atoms with Gasteiger partial charge in [0.05, 0.1) is 12.0 Å². The summed E-state index contributed by atoms with van der Waals surface area (Å²) < 4.78 is 4.64. The van der Waals surface area contributed by atoms with Gasteiger partial charge in [0.1, 0.15) is 4.88 Å². The van der Waals surface area contributed by atoms with E-state index < -0.39 is 5.97 Å². The molecule has 0 unspecified atom stereocenters. The van der Waals surface area contributed by atoms with E-state index in [0.29, 0.717) is 9.75 Å². The summed E-state index contributed by atoms with van der Waals surface area (Å²) in [7, 11) is 1.32. The number of carbonyl (C=O) groups excluding carboxylic acids is 2. The average Bonchev–Trinajstić information content (AvgIpc) is 2.91. The highest BCUT2D eigenvalue weighted by Gasteiger charge is 2.15. The average molecular weight is 303 g/mol. The van der Waals surface area contributed by atoms with E-state index in [1.165, 1.54) is 7.11 Å². The molecule has 0 atom stereocenters. The molecular formula is C16H17NO3S. The molecule has 0 bridgehead atoms. The number of hydrogen-bond acceptors (Lipinski definition) is 4. The van der Waals surface area contributed by atoms with Crippen molar-refractivity contribution in [1.82, 2.24) is 0 Å². The fourth-order valence-electron chi connectivity index (χ4n) is 2.22. The van der Waals surface area contributed by atoms with Crippen molar-refractivity contribution < 1.29 is 14.3 Å². The van der Waals surface area contributed by atoms with Crippen molar-refractivity contribution in [3.8, 4) is 0 Å². The second-order valence-electron chi connectivity index (χ2n) is 4.88. The Morgan fingerprint density at radius 3 is 2.19 bits per heavy atom. The van der Waals surface area contributed by atoms with Gasteiger partial charge in [0.2, 0.25) is 0 Å². The zero-order valence-corrected chi connectivity index (χ0v) is 13.3. The van der Waals surface area contributed by atoms with Crippen LogP contribution >= 0.6 is 11.3 Å². The molecule has 0 saturated heterocycles. The number of amides is 1. The van der Waals surface area contributed by atoms with Gasteiger partial charge in [0.25, 0.3) is 5.91 Å². The monoisotopic (exact) mass is 303 g/mol. The van der Waals surface area contributed by atoms with Crippen LogP contribution in [-0.2, 0) is 4.74 Å². The Labute approximate surface area is 127 Å². The predicted molar refractivity (Wildman–Crippen MR) is 84.3 cm³/mol. The lowest BCUT2D eigenvalue weighted by molar-refractivity contribution is 0.0606. The number of hydrogen-bond donors (Lipinski definition) is 1. The van der Waals surface area contributed by atoms with Gasteiger partial charge in [0, 0.05) is 5.69 Å². The van der Waals surface area contributed by atoms with E-state index in [0.717, 1.165) is 33.7 Å². The predicted octanol–water partition coefficient (Wildman–Crippen LogP) is 3.71. The van der Waals surface area contributed by atoms with Crippen LogP contribution < -0.4 is 5.32 Å². The Bertz CT molecular complexity index is 680. The second-order valence-corrected chi connectivity index (χ2v) is 5.97. The molecule has 21 heavy (non-hydrogen) atoms. The Balaban J connectivity index is 2.22. The molecular weight excluding hydrogens is 286 g/mol. The van der Waals surface area contributed by atoms with E-state index in [1.54, 1.807) is 12.1 Å². The van der Waals surface area contributed by atoms with Crippen LogP contribution in [0.15, 0.2) is 24.3 Å². The molecule has 1 heterocycles. The van der Waals surface area contributed by atoms with E-state index in [-0.39, 0.29) is 5.91 Å². The summed E-state index contributed by atoms with van der Waals surface area (Å²) in [5, 5.41) is 2.91. The first-order chi connectivity index (χ1) is 9.92. The van der Waals surface area contributed by atoms with Crippen LogP contribution in [-0.4, -0.2) is 19.0 Å². The molecule has 2 aromatic rings. The van der Waals surface area contributed by atoms with Crippen LogP contribution in [0.2, 0.25) is 0 Å². The molecule has 4 nitrogen and oxygen atoms in total. The van der Waals surface area contributed by atoms with Gasteiger partial charge in [-0.25, -0.2) is 4.79 Å². The maximum Gasteiger partial charge on any atom is 0.348 e. The normalized spacial score (nSPS) is 10.3. The summed E-state index contributed by atoms with van der Waals surface area (Å²) in [5.41, 5.74) is 4.02. The van der Waals surface area contributed by atoms with Crippen LogP contribution in [0.25, 0.3) is 0 Å². The fraction of sp³-hybridized carbons (Fsp3) is 0.250. The van der Waals surface area contributed by atoms with E-state index >= 15 is 0 Å². The van der Waals surface area contributed by atoms with Gasteiger partial charge in [-0.15, -0.1) is 11.3 Å². The molecule has 110 valence electrons. The third-order valence-corrected chi connectivity index (χ3v) is 4.20. The lowest BCUT2D eigenvalue weighted by Gasteiger charge is -2.12. The first-order valence-corrected chi connectivity index (χ1v) is 7.31. The van der Waals surface area contributed by atoms with Gasteiger partial charge >= 0.3 is 5.97 Å². The topological polar surface area (TPSA) is 55.4 Å². The van der Waals surface area contributed by atoms with Crippen LogP contribution in [0, 0.1) is 20.8 Å². The number of anilines is 1. The minimum Gasteiger partial charge on any atom is -0.465 e. The standard InChI is InChI=1S/C16H17NO3S/c1-9-7-10(2)14(11(3)8-9)17-15(18)12-5-6-13(21-12)16(19)20-4/h5-8H,1-4H3,(H,17,18). The highest BCUT2D eigenvalue weighted by Crippen LogP contribution is 2.24. The van der Waals surface area contributed by atoms with Crippen molar-refractivity contribution in [2.24, 2.45) is 0 Å². The molecule has 0 aliphatic heterocycles. The first kappa shape index (κ1) is 15.3. The number of nitrogens with one attached hydrogen (secondary N) is 1. The molecule has 1 N–H and O–H groups in total. The fourth-order valence-corrected chi connectivity index (χ4v) is 3.04. The first-order valence-electron chi connectivity index (χ1n) is 6.49. The molecule has 5 heteroatoms. The zero-order valence-electron chi connectivity index (χ0n) is 12.4. The van der Waals surface area contributed by atoms with Crippen molar-refractivity contribution in [2.45, 2.75) is 20.8 Å². The number of carbonyl (C=O) groups is 2. The molecule has 0 aliphatic carbocycles. The Hall–Kier alpha value is -2.14. The summed E-state index contributed by atoms with van der Waals surface area (Å²) >= 11 is 1.12. The maximum absolute atomic E-state index is 12.3. The number of benzene rings is 1. The van der Waals surface area contributed by atoms with Crippen molar-refractivity contribution in [3.63, 3.8) is 0 Å². The SMILES string of the molecule is COC(=O)c1ccc(C(=O)Nc2c(C)cc(C)cc2C)s1. The highest BCUT2D eigenvalue weighted by atomic mass is 32.1. The van der Waals surface area contributed by atoms with E-state index in [9.17, 15) is 9.59 Å². The lowest BCUT2D eigenvalue weighted by atomic mass is 10.1. The molecule has 1 amide bonds. The number of rotatable bonds is 3. The summed E-state index contributed by atoms with van der Waals surface area (Å²) in [5.74, 6) is -0.646.